The maximum atomic E-state index is 12.2. The Bertz CT molecular complexity index is 392. The summed E-state index contributed by atoms with van der Waals surface area (Å²) < 4.78 is 5.17. The summed E-state index contributed by atoms with van der Waals surface area (Å²) in [6.45, 7) is 1.37. The summed E-state index contributed by atoms with van der Waals surface area (Å²) >= 11 is 0. The van der Waals surface area contributed by atoms with Crippen molar-refractivity contribution in [3.63, 3.8) is 0 Å². The number of nitrogens with zero attached hydrogens (tertiary/aromatic N) is 1. The summed E-state index contributed by atoms with van der Waals surface area (Å²) in [5.74, 6) is 0.623. The predicted molar refractivity (Wildman–Crippen MR) is 61.5 cm³/mol. The van der Waals surface area contributed by atoms with Crippen molar-refractivity contribution < 1.29 is 9.53 Å². The Morgan fingerprint density at radius 3 is 2.88 bits per heavy atom. The number of hydrogen-bond donors (Lipinski definition) is 1. The molecule has 86 valence electrons. The normalized spacial score (nSPS) is 19.9. The molecule has 0 saturated carbocycles. The SMILES string of the molecule is COc1ccccc1C(=O)N1CC[C@@H](N)C1. The van der Waals surface area contributed by atoms with Crippen molar-refractivity contribution in [2.24, 2.45) is 5.73 Å². The van der Waals surface area contributed by atoms with Gasteiger partial charge in [-0.1, -0.05) is 12.1 Å². The molecule has 0 aliphatic carbocycles. The molecule has 0 radical (unpaired) electrons. The van der Waals surface area contributed by atoms with Crippen LogP contribution in [0.2, 0.25) is 0 Å². The number of likely N-dealkylation sites (tertiary alicyclic amines) is 1. The summed E-state index contributed by atoms with van der Waals surface area (Å²) in [6, 6.07) is 7.38. The highest BCUT2D eigenvalue weighted by Crippen LogP contribution is 2.21. The lowest BCUT2D eigenvalue weighted by atomic mass is 10.2. The second kappa shape index (κ2) is 4.53. The molecular weight excluding hydrogens is 204 g/mol. The Hall–Kier alpha value is -1.55. The average Bonchev–Trinajstić information content (AvgIpc) is 2.75. The number of nitrogens with two attached hydrogens (primary N) is 1. The van der Waals surface area contributed by atoms with Gasteiger partial charge < -0.3 is 15.4 Å². The Morgan fingerprint density at radius 2 is 2.25 bits per heavy atom. The predicted octanol–water partition coefficient (Wildman–Crippen LogP) is 0.868. The van der Waals surface area contributed by atoms with Crippen LogP contribution in [0.25, 0.3) is 0 Å². The molecule has 0 bridgehead atoms. The van der Waals surface area contributed by atoms with E-state index in [9.17, 15) is 4.79 Å². The zero-order valence-electron chi connectivity index (χ0n) is 9.35. The molecule has 1 atom stereocenters. The highest BCUT2D eigenvalue weighted by molar-refractivity contribution is 5.97. The third kappa shape index (κ3) is 2.02. The van der Waals surface area contributed by atoms with Gasteiger partial charge in [0.05, 0.1) is 12.7 Å². The van der Waals surface area contributed by atoms with E-state index in [2.05, 4.69) is 0 Å². The largest absolute Gasteiger partial charge is 0.496 e. The molecule has 0 aromatic heterocycles. The van der Waals surface area contributed by atoms with E-state index in [-0.39, 0.29) is 11.9 Å². The van der Waals surface area contributed by atoms with Gasteiger partial charge in [-0.3, -0.25) is 4.79 Å². The number of rotatable bonds is 2. The highest BCUT2D eigenvalue weighted by Gasteiger charge is 2.25. The van der Waals surface area contributed by atoms with Crippen LogP contribution in [-0.2, 0) is 0 Å². The van der Waals surface area contributed by atoms with Crippen molar-refractivity contribution in [1.29, 1.82) is 0 Å². The molecule has 1 aliphatic heterocycles. The molecule has 2 rings (SSSR count). The Morgan fingerprint density at radius 1 is 1.50 bits per heavy atom. The summed E-state index contributed by atoms with van der Waals surface area (Å²) in [4.78, 5) is 13.9. The van der Waals surface area contributed by atoms with E-state index < -0.39 is 0 Å². The molecule has 0 spiro atoms. The van der Waals surface area contributed by atoms with E-state index in [0.717, 1.165) is 13.0 Å². The first-order valence-corrected chi connectivity index (χ1v) is 5.40. The van der Waals surface area contributed by atoms with Crippen molar-refractivity contribution in [3.8, 4) is 5.75 Å². The van der Waals surface area contributed by atoms with Crippen molar-refractivity contribution in [2.75, 3.05) is 20.2 Å². The van der Waals surface area contributed by atoms with Crippen LogP contribution < -0.4 is 10.5 Å². The fourth-order valence-electron chi connectivity index (χ4n) is 1.96. The summed E-state index contributed by atoms with van der Waals surface area (Å²) in [5.41, 5.74) is 6.40. The van der Waals surface area contributed by atoms with E-state index in [1.54, 1.807) is 24.1 Å². The van der Waals surface area contributed by atoms with E-state index in [0.29, 0.717) is 17.9 Å². The topological polar surface area (TPSA) is 55.6 Å². The highest BCUT2D eigenvalue weighted by atomic mass is 16.5. The van der Waals surface area contributed by atoms with Gasteiger partial charge in [0.15, 0.2) is 0 Å². The lowest BCUT2D eigenvalue weighted by molar-refractivity contribution is 0.0787. The van der Waals surface area contributed by atoms with Crippen LogP contribution in [0.3, 0.4) is 0 Å². The third-order valence-corrected chi connectivity index (χ3v) is 2.85. The second-order valence-electron chi connectivity index (χ2n) is 4.00. The molecule has 1 amide bonds. The number of para-hydroxylation sites is 1. The van der Waals surface area contributed by atoms with E-state index in [1.807, 2.05) is 12.1 Å². The van der Waals surface area contributed by atoms with Gasteiger partial charge >= 0.3 is 0 Å². The number of benzene rings is 1. The number of carbonyl (C=O) groups is 1. The number of carbonyl (C=O) groups excluding carboxylic acids is 1. The van der Waals surface area contributed by atoms with Gasteiger partial charge in [-0.15, -0.1) is 0 Å². The standard InChI is InChI=1S/C12H16N2O2/c1-16-11-5-3-2-4-10(11)12(15)14-7-6-9(13)8-14/h2-5,9H,6-8,13H2,1H3/t9-/m1/s1. The van der Waals surface area contributed by atoms with E-state index in [4.69, 9.17) is 10.5 Å². The van der Waals surface area contributed by atoms with Crippen LogP contribution in [0, 0.1) is 0 Å². The maximum Gasteiger partial charge on any atom is 0.257 e. The Labute approximate surface area is 95.0 Å². The van der Waals surface area contributed by atoms with Crippen molar-refractivity contribution in [1.82, 2.24) is 4.90 Å². The number of amides is 1. The first-order valence-electron chi connectivity index (χ1n) is 5.40. The van der Waals surface area contributed by atoms with Crippen LogP contribution in [0.15, 0.2) is 24.3 Å². The Balaban J connectivity index is 2.20. The van der Waals surface area contributed by atoms with Crippen LogP contribution >= 0.6 is 0 Å². The molecule has 1 fully saturated rings. The minimum Gasteiger partial charge on any atom is -0.496 e. The summed E-state index contributed by atoms with van der Waals surface area (Å²) in [6.07, 6.45) is 0.876. The average molecular weight is 220 g/mol. The smallest absolute Gasteiger partial charge is 0.257 e. The monoisotopic (exact) mass is 220 g/mol. The first-order chi connectivity index (χ1) is 7.72. The third-order valence-electron chi connectivity index (χ3n) is 2.85. The van der Waals surface area contributed by atoms with Gasteiger partial charge in [-0.05, 0) is 18.6 Å². The van der Waals surface area contributed by atoms with Gasteiger partial charge in [0.2, 0.25) is 0 Å². The van der Waals surface area contributed by atoms with Gasteiger partial charge in [0.25, 0.3) is 5.91 Å². The molecule has 4 nitrogen and oxygen atoms in total. The van der Waals surface area contributed by atoms with Crippen LogP contribution in [0.5, 0.6) is 5.75 Å². The van der Waals surface area contributed by atoms with Gasteiger partial charge in [0.1, 0.15) is 5.75 Å². The molecule has 16 heavy (non-hydrogen) atoms. The zero-order valence-corrected chi connectivity index (χ0v) is 9.35. The van der Waals surface area contributed by atoms with Crippen molar-refractivity contribution >= 4 is 5.91 Å². The quantitative estimate of drug-likeness (QED) is 0.804. The van der Waals surface area contributed by atoms with E-state index in [1.165, 1.54) is 0 Å². The molecule has 1 heterocycles. The van der Waals surface area contributed by atoms with Crippen LogP contribution in [0.1, 0.15) is 16.8 Å². The fraction of sp³-hybridized carbons (Fsp3) is 0.417. The lowest BCUT2D eigenvalue weighted by Crippen LogP contribution is -2.32. The van der Waals surface area contributed by atoms with Crippen molar-refractivity contribution in [3.05, 3.63) is 29.8 Å². The molecule has 4 heteroatoms. The van der Waals surface area contributed by atoms with Gasteiger partial charge in [-0.2, -0.15) is 0 Å². The molecule has 0 unspecified atom stereocenters. The van der Waals surface area contributed by atoms with Gasteiger partial charge in [0, 0.05) is 19.1 Å². The number of ether oxygens (including phenoxy) is 1. The zero-order chi connectivity index (χ0) is 11.5. The molecule has 1 aromatic rings. The minimum absolute atomic E-state index is 0.00500. The number of hydrogen-bond acceptors (Lipinski definition) is 3. The fourth-order valence-corrected chi connectivity index (χ4v) is 1.96. The van der Waals surface area contributed by atoms with Crippen LogP contribution in [-0.4, -0.2) is 37.0 Å². The molecule has 1 saturated heterocycles. The minimum atomic E-state index is 0.00500. The first kappa shape index (κ1) is 11.0. The summed E-state index contributed by atoms with van der Waals surface area (Å²) in [7, 11) is 1.57. The van der Waals surface area contributed by atoms with Crippen molar-refractivity contribution in [2.45, 2.75) is 12.5 Å². The Kier molecular flexibility index (Phi) is 3.10. The molecular formula is C12H16N2O2. The molecule has 2 N–H and O–H groups in total. The number of methoxy groups -OCH3 is 1. The lowest BCUT2D eigenvalue weighted by Gasteiger charge is -2.17. The molecule has 1 aliphatic rings. The summed E-state index contributed by atoms with van der Waals surface area (Å²) in [5, 5.41) is 0. The maximum absolute atomic E-state index is 12.2. The second-order valence-corrected chi connectivity index (χ2v) is 4.00. The van der Waals surface area contributed by atoms with Gasteiger partial charge in [-0.25, -0.2) is 0 Å². The van der Waals surface area contributed by atoms with Crippen LogP contribution in [0.4, 0.5) is 0 Å². The van der Waals surface area contributed by atoms with E-state index >= 15 is 0 Å². The molecule has 1 aromatic carbocycles.